The maximum Gasteiger partial charge on any atom is 0.338 e. The van der Waals surface area contributed by atoms with Crippen molar-refractivity contribution in [3.05, 3.63) is 108 Å². The number of aliphatic hydroxyl groups is 1. The van der Waals surface area contributed by atoms with Crippen LogP contribution in [0.15, 0.2) is 91.0 Å². The van der Waals surface area contributed by atoms with Crippen LogP contribution in [-0.4, -0.2) is 117 Å². The minimum atomic E-state index is -2.46. The maximum absolute atomic E-state index is 13.7. The summed E-state index contributed by atoms with van der Waals surface area (Å²) < 4.78 is 54.1. The van der Waals surface area contributed by atoms with Gasteiger partial charge in [-0.2, -0.15) is 0 Å². The zero-order valence-electron chi connectivity index (χ0n) is 33.5. The van der Waals surface area contributed by atoms with Gasteiger partial charge < -0.3 is 47.4 Å². The number of methoxy groups -OCH3 is 1. The highest BCUT2D eigenvalue weighted by atomic mass is 127. The Hall–Kier alpha value is -3.75. The molecule has 2 saturated heterocycles. The summed E-state index contributed by atoms with van der Waals surface area (Å²) in [6.07, 6.45) is -11.0. The molecule has 0 aliphatic carbocycles. The SMILES string of the molecule is CO[C@H]1O[C@H](CO[C@@H]2O[C@H](COC(C)=O)[C@@H](O[Si](C)(C)C(C)(C)C)[C@H](O)[C@H]2I)[C@@H](OC(=O)c2ccccc2)[C@H](OC(=O)c2ccccc2)[C@H]1OC(=O)c1ccccc1. The van der Waals surface area contributed by atoms with Crippen molar-refractivity contribution in [2.45, 2.75) is 105 Å². The van der Waals surface area contributed by atoms with Crippen molar-refractivity contribution >= 4 is 54.8 Å². The number of hydrogen-bond acceptors (Lipinski definition) is 14. The molecule has 16 heteroatoms. The number of ether oxygens (including phenoxy) is 8. The first kappa shape index (κ1) is 45.3. The Labute approximate surface area is 353 Å². The second kappa shape index (κ2) is 20.0. The van der Waals surface area contributed by atoms with E-state index in [1.807, 2.05) is 35.7 Å². The Bertz CT molecular complexity index is 1830. The van der Waals surface area contributed by atoms with Gasteiger partial charge in [0.25, 0.3) is 0 Å². The number of benzene rings is 3. The molecule has 5 rings (SSSR count). The van der Waals surface area contributed by atoms with Crippen LogP contribution in [-0.2, 0) is 47.1 Å². The largest absolute Gasteiger partial charge is 0.463 e. The number of halogens is 1. The number of carbonyl (C=O) groups is 4. The standard InChI is InChI=1S/C42H51IO14Si/c1-25(44)50-23-29-33(57-58(6,7)42(2,3)4)32(45)31(43)40(52-29)51-24-30-34(54-37(46)26-17-11-8-12-18-26)35(55-38(47)27-19-13-9-14-20-27)36(41(49-5)53-30)56-39(48)28-21-15-10-16-22-28/h8-22,29-36,40-41,45H,23-24H2,1-7H3/t29-,30-,31-,32-,33-,34-,35+,36-,40-,41+/m1/s1. The molecule has 0 aromatic heterocycles. The van der Waals surface area contributed by atoms with Gasteiger partial charge in [-0.1, -0.05) is 98.0 Å². The average Bonchev–Trinajstić information content (AvgIpc) is 3.20. The molecule has 10 atom stereocenters. The number of aliphatic hydroxyl groups excluding tert-OH is 1. The predicted octanol–water partition coefficient (Wildman–Crippen LogP) is 5.89. The molecule has 3 aromatic carbocycles. The molecule has 3 aromatic rings. The summed E-state index contributed by atoms with van der Waals surface area (Å²) in [5, 5.41) is 11.5. The zero-order valence-corrected chi connectivity index (χ0v) is 36.6. The second-order valence-electron chi connectivity index (χ2n) is 15.4. The normalized spacial score (nSPS) is 27.5. The molecule has 14 nitrogen and oxygen atoms in total. The Morgan fingerprint density at radius 2 is 1.10 bits per heavy atom. The quantitative estimate of drug-likeness (QED) is 0.0667. The van der Waals surface area contributed by atoms with Gasteiger partial charge in [-0.15, -0.1) is 0 Å². The molecule has 2 heterocycles. The lowest BCUT2D eigenvalue weighted by Crippen LogP contribution is -2.64. The Balaban J connectivity index is 1.48. The van der Waals surface area contributed by atoms with Gasteiger partial charge in [0.2, 0.25) is 0 Å². The first-order valence-electron chi connectivity index (χ1n) is 18.9. The fourth-order valence-electron chi connectivity index (χ4n) is 6.11. The van der Waals surface area contributed by atoms with E-state index < -0.39 is 91.4 Å². The van der Waals surface area contributed by atoms with E-state index in [-0.39, 0.29) is 34.9 Å². The fraction of sp³-hybridized carbons (Fsp3) is 0.476. The van der Waals surface area contributed by atoms with Crippen LogP contribution in [0.3, 0.4) is 0 Å². The van der Waals surface area contributed by atoms with Crippen molar-refractivity contribution in [1.29, 1.82) is 0 Å². The monoisotopic (exact) mass is 934 g/mol. The van der Waals surface area contributed by atoms with E-state index in [4.69, 9.17) is 42.3 Å². The molecular weight excluding hydrogens is 883 g/mol. The van der Waals surface area contributed by atoms with Crippen LogP contribution in [0.2, 0.25) is 18.1 Å². The first-order valence-corrected chi connectivity index (χ1v) is 23.0. The maximum atomic E-state index is 13.7. The molecule has 0 unspecified atom stereocenters. The van der Waals surface area contributed by atoms with Crippen molar-refractivity contribution in [3.8, 4) is 0 Å². The third kappa shape index (κ3) is 11.3. The molecule has 1 N–H and O–H groups in total. The topological polar surface area (TPSA) is 172 Å². The summed E-state index contributed by atoms with van der Waals surface area (Å²) in [5.74, 6) is -2.89. The van der Waals surface area contributed by atoms with Crippen LogP contribution >= 0.6 is 22.6 Å². The molecule has 0 amide bonds. The van der Waals surface area contributed by atoms with E-state index in [0.717, 1.165) is 0 Å². The van der Waals surface area contributed by atoms with E-state index in [0.29, 0.717) is 0 Å². The van der Waals surface area contributed by atoms with Crippen LogP contribution in [0, 0.1) is 0 Å². The van der Waals surface area contributed by atoms with Crippen molar-refractivity contribution in [2.75, 3.05) is 20.3 Å². The molecule has 0 saturated carbocycles. The van der Waals surface area contributed by atoms with Crippen LogP contribution in [0.5, 0.6) is 0 Å². The Kier molecular flexibility index (Phi) is 15.6. The van der Waals surface area contributed by atoms with Gasteiger partial charge in [-0.3, -0.25) is 4.79 Å². The summed E-state index contributed by atoms with van der Waals surface area (Å²) in [6, 6.07) is 24.5. The molecular formula is C42H51IO14Si. The lowest BCUT2D eigenvalue weighted by Gasteiger charge is -2.48. The Morgan fingerprint density at radius 3 is 1.55 bits per heavy atom. The highest BCUT2D eigenvalue weighted by Gasteiger charge is 2.55. The molecule has 0 radical (unpaired) electrons. The number of rotatable bonds is 14. The fourth-order valence-corrected chi connectivity index (χ4v) is 8.22. The molecule has 0 bridgehead atoms. The third-order valence-electron chi connectivity index (χ3n) is 10.3. The number of esters is 4. The summed E-state index contributed by atoms with van der Waals surface area (Å²) in [4.78, 5) is 52.9. The minimum Gasteiger partial charge on any atom is -0.463 e. The number of hydrogen-bond donors (Lipinski definition) is 1. The minimum absolute atomic E-state index is 0.183. The van der Waals surface area contributed by atoms with E-state index in [2.05, 4.69) is 20.8 Å². The van der Waals surface area contributed by atoms with Gasteiger partial charge in [0.15, 0.2) is 39.2 Å². The van der Waals surface area contributed by atoms with Crippen molar-refractivity contribution in [2.24, 2.45) is 0 Å². The average molecular weight is 935 g/mol. The number of alkyl halides is 1. The van der Waals surface area contributed by atoms with Crippen molar-refractivity contribution in [3.63, 3.8) is 0 Å². The molecule has 314 valence electrons. The smallest absolute Gasteiger partial charge is 0.338 e. The second-order valence-corrected chi connectivity index (χ2v) is 21.6. The summed E-state index contributed by atoms with van der Waals surface area (Å²) in [6.45, 7) is 11.0. The zero-order chi connectivity index (χ0) is 42.2. The van der Waals surface area contributed by atoms with E-state index >= 15 is 0 Å². The van der Waals surface area contributed by atoms with Crippen molar-refractivity contribution in [1.82, 2.24) is 0 Å². The lowest BCUT2D eigenvalue weighted by atomic mass is 9.97. The van der Waals surface area contributed by atoms with Gasteiger partial charge >= 0.3 is 23.9 Å². The van der Waals surface area contributed by atoms with E-state index in [1.54, 1.807) is 91.0 Å². The third-order valence-corrected chi connectivity index (χ3v) is 16.1. The van der Waals surface area contributed by atoms with Crippen LogP contribution in [0.25, 0.3) is 0 Å². The van der Waals surface area contributed by atoms with Gasteiger partial charge in [-0.05, 0) is 54.5 Å². The van der Waals surface area contributed by atoms with Crippen molar-refractivity contribution < 1.29 is 66.6 Å². The van der Waals surface area contributed by atoms with Crippen LogP contribution in [0.4, 0.5) is 0 Å². The molecule has 2 fully saturated rings. The van der Waals surface area contributed by atoms with Gasteiger partial charge in [0, 0.05) is 14.0 Å². The summed E-state index contributed by atoms with van der Waals surface area (Å²) in [5.41, 5.74) is 0.575. The lowest BCUT2D eigenvalue weighted by molar-refractivity contribution is -0.308. The molecule has 2 aliphatic rings. The van der Waals surface area contributed by atoms with E-state index in [1.165, 1.54) is 14.0 Å². The first-order chi connectivity index (χ1) is 27.5. The van der Waals surface area contributed by atoms with Crippen LogP contribution in [0.1, 0.15) is 58.8 Å². The van der Waals surface area contributed by atoms with Gasteiger partial charge in [0.1, 0.15) is 24.9 Å². The van der Waals surface area contributed by atoms with Crippen LogP contribution < -0.4 is 0 Å². The summed E-state index contributed by atoms with van der Waals surface area (Å²) in [7, 11) is -1.14. The summed E-state index contributed by atoms with van der Waals surface area (Å²) >= 11 is 2.02. The number of carbonyl (C=O) groups excluding carboxylic acids is 4. The molecule has 58 heavy (non-hydrogen) atoms. The highest BCUT2D eigenvalue weighted by molar-refractivity contribution is 14.1. The predicted molar refractivity (Wildman–Crippen MR) is 220 cm³/mol. The highest BCUT2D eigenvalue weighted by Crippen LogP contribution is 2.41. The van der Waals surface area contributed by atoms with E-state index in [9.17, 15) is 24.3 Å². The molecule has 0 spiro atoms. The Morgan fingerprint density at radius 1 is 0.672 bits per heavy atom. The van der Waals surface area contributed by atoms with Gasteiger partial charge in [0.05, 0.1) is 33.3 Å². The molecule has 2 aliphatic heterocycles. The van der Waals surface area contributed by atoms with Gasteiger partial charge in [-0.25, -0.2) is 14.4 Å².